The van der Waals surface area contributed by atoms with Gasteiger partial charge in [0.15, 0.2) is 0 Å². The number of ether oxygens (including phenoxy) is 11. The largest absolute Gasteiger partial charge is 0.507 e. The van der Waals surface area contributed by atoms with Gasteiger partial charge in [-0.1, -0.05) is 174 Å². The third-order valence-electron chi connectivity index (χ3n) is 17.5. The number of imide groups is 2. The van der Waals surface area contributed by atoms with Crippen molar-refractivity contribution in [2.75, 3.05) is 64.5 Å². The quantitative estimate of drug-likeness (QED) is 0.0135. The first-order valence-corrected chi connectivity index (χ1v) is 48.8. The van der Waals surface area contributed by atoms with E-state index in [4.69, 9.17) is 62.3 Å². The molecular weight excluding hydrogens is 2080 g/mol. The van der Waals surface area contributed by atoms with Gasteiger partial charge in [-0.3, -0.25) is 0 Å². The molecule has 6 amide bonds. The molecule has 0 saturated carbocycles. The Morgan fingerprint density at radius 1 is 0.416 bits per heavy atom. The number of phenols is 2. The lowest BCUT2D eigenvalue weighted by atomic mass is 10.0. The normalized spacial score (nSPS) is 14.4. The number of nitrogens with one attached hydrogen (secondary N) is 2. The molecule has 0 radical (unpaired) electrons. The van der Waals surface area contributed by atoms with Gasteiger partial charge in [-0.25, -0.2) is 38.6 Å². The minimum Gasteiger partial charge on any atom is -0.507 e. The second-order valence-electron chi connectivity index (χ2n) is 36.6. The molecule has 11 rings (SSSR count). The number of allylic oxidation sites excluding steroid dienone is 2. The van der Waals surface area contributed by atoms with Crippen LogP contribution in [0.3, 0.4) is 0 Å². The number of aromatic hydroxyl groups is 2. The molecule has 0 aromatic heterocycles. The number of aliphatic hydroxyl groups is 4. The Kier molecular flexibility index (Phi) is 53.6. The van der Waals surface area contributed by atoms with E-state index in [1.165, 1.54) is 11.6 Å². The van der Waals surface area contributed by atoms with E-state index >= 15 is 0 Å². The lowest BCUT2D eigenvalue weighted by Gasteiger charge is -2.28. The van der Waals surface area contributed by atoms with Crippen LogP contribution in [0.5, 0.6) is 40.2 Å². The van der Waals surface area contributed by atoms with Crippen LogP contribution in [-0.4, -0.2) is 200 Å². The van der Waals surface area contributed by atoms with Crippen molar-refractivity contribution in [3.63, 3.8) is 0 Å². The molecule has 0 bridgehead atoms. The fourth-order valence-electron chi connectivity index (χ4n) is 11.9. The van der Waals surface area contributed by atoms with E-state index in [9.17, 15) is 49.2 Å². The summed E-state index contributed by atoms with van der Waals surface area (Å²) in [6.45, 7) is 47.4. The highest BCUT2D eigenvalue weighted by molar-refractivity contribution is 9.11. The van der Waals surface area contributed by atoms with Crippen LogP contribution in [-0.2, 0) is 66.9 Å². The summed E-state index contributed by atoms with van der Waals surface area (Å²) in [6.07, 6.45) is 14.7. The highest BCUT2D eigenvalue weighted by atomic mass is 79.9. The van der Waals surface area contributed by atoms with Crippen molar-refractivity contribution in [2.45, 2.75) is 228 Å². The number of halogens is 5. The Morgan fingerprint density at radius 3 is 1.18 bits per heavy atom. The highest BCUT2D eigenvalue weighted by Crippen LogP contribution is 2.39. The van der Waals surface area contributed by atoms with Gasteiger partial charge in [0.2, 0.25) is 0 Å². The maximum absolute atomic E-state index is 12.5. The number of nitrogens with zero attached hydrogens (tertiary/aromatic N) is 2. The van der Waals surface area contributed by atoms with Crippen LogP contribution in [0.15, 0.2) is 220 Å². The van der Waals surface area contributed by atoms with Gasteiger partial charge in [0, 0.05) is 56.7 Å². The Labute approximate surface area is 852 Å². The number of carbonyl (C=O) groups excluding carboxylic acids is 6. The predicted molar refractivity (Wildman–Crippen MR) is 559 cm³/mol. The van der Waals surface area contributed by atoms with Crippen molar-refractivity contribution < 1.29 is 113 Å². The van der Waals surface area contributed by atoms with E-state index in [-0.39, 0.29) is 77.2 Å². The fourth-order valence-corrected chi connectivity index (χ4v) is 13.5. The molecule has 7 aromatic carbocycles. The molecule has 4 unspecified atom stereocenters. The topological polar surface area (TPSA) is 356 Å². The van der Waals surface area contributed by atoms with E-state index in [0.29, 0.717) is 44.0 Å². The second kappa shape index (κ2) is 60.6. The number of amides is 6. The minimum atomic E-state index is -0.772. The van der Waals surface area contributed by atoms with E-state index < -0.39 is 64.1 Å². The summed E-state index contributed by atoms with van der Waals surface area (Å²) in [5.74, 6) is 4.77. The average molecular weight is 2230 g/mol. The number of para-hydroxylation sites is 7. The zero-order valence-corrected chi connectivity index (χ0v) is 89.9. The molecule has 32 heteroatoms. The van der Waals surface area contributed by atoms with Gasteiger partial charge in [0.25, 0.3) is 0 Å². The summed E-state index contributed by atoms with van der Waals surface area (Å²) in [5.41, 5.74) is 4.42. The Bertz CT molecular complexity index is 4970. The molecule has 4 aliphatic rings. The number of benzene rings is 7. The molecule has 4 heterocycles. The van der Waals surface area contributed by atoms with E-state index in [1.54, 1.807) is 132 Å². The highest BCUT2D eigenvalue weighted by Gasteiger charge is 2.34. The first-order valence-electron chi connectivity index (χ1n) is 44.5. The van der Waals surface area contributed by atoms with Crippen molar-refractivity contribution >= 4 is 128 Å². The van der Waals surface area contributed by atoms with Gasteiger partial charge in [-0.05, 0) is 277 Å². The zero-order valence-electron chi connectivity index (χ0n) is 82.0. The van der Waals surface area contributed by atoms with Gasteiger partial charge >= 0.3 is 36.6 Å². The first-order chi connectivity index (χ1) is 64.3. The van der Waals surface area contributed by atoms with Crippen molar-refractivity contribution in [3.05, 3.63) is 265 Å². The molecule has 754 valence electrons. The molecular formula is C105H141Br5N4O23. The Balaban J connectivity index is 0.000000544. The van der Waals surface area contributed by atoms with Gasteiger partial charge in [0.1, 0.15) is 105 Å². The maximum Gasteiger partial charge on any atom is 0.420 e. The summed E-state index contributed by atoms with van der Waals surface area (Å²) in [7, 11) is 0. The monoisotopic (exact) mass is 2220 g/mol. The van der Waals surface area contributed by atoms with Gasteiger partial charge in [0.05, 0.1) is 57.4 Å². The smallest absolute Gasteiger partial charge is 0.420 e. The van der Waals surface area contributed by atoms with E-state index in [0.717, 1.165) is 127 Å². The van der Waals surface area contributed by atoms with Crippen LogP contribution in [0.4, 0.5) is 28.8 Å². The minimum absolute atomic E-state index is 0. The molecule has 8 N–H and O–H groups in total. The van der Waals surface area contributed by atoms with Crippen LogP contribution in [0.1, 0.15) is 177 Å². The number of hydrogen-bond acceptors (Lipinski definition) is 23. The van der Waals surface area contributed by atoms with Gasteiger partial charge < -0.3 is 93.4 Å². The number of fused-ring (bicyclic) bond motifs is 4. The van der Waals surface area contributed by atoms with Crippen LogP contribution in [0, 0.1) is 0 Å². The van der Waals surface area contributed by atoms with Crippen molar-refractivity contribution in [2.24, 2.45) is 0 Å². The molecule has 0 spiro atoms. The lowest BCUT2D eigenvalue weighted by Crippen LogP contribution is -2.43. The summed E-state index contributed by atoms with van der Waals surface area (Å²) < 4.78 is 62.8. The number of alkyl halides is 1. The third-order valence-corrected chi connectivity index (χ3v) is 20.6. The van der Waals surface area contributed by atoms with Crippen LogP contribution in [0.2, 0.25) is 0 Å². The van der Waals surface area contributed by atoms with Crippen LogP contribution >= 0.6 is 79.6 Å². The summed E-state index contributed by atoms with van der Waals surface area (Å²) in [4.78, 5) is 73.6. The zero-order chi connectivity index (χ0) is 103. The lowest BCUT2D eigenvalue weighted by molar-refractivity contribution is 0.00160. The fraction of sp³-hybridized carbons (Fsp3) is 0.429. The molecule has 0 saturated heterocycles. The molecule has 7 aromatic rings. The Hall–Kier alpha value is -10.2. The number of aryl methyl sites for hydroxylation is 1. The maximum atomic E-state index is 12.5. The molecule has 0 aliphatic carbocycles. The van der Waals surface area contributed by atoms with E-state index in [2.05, 4.69) is 117 Å². The molecule has 137 heavy (non-hydrogen) atoms. The second-order valence-corrected chi connectivity index (χ2v) is 40.7. The molecule has 27 nitrogen and oxygen atoms in total. The summed E-state index contributed by atoms with van der Waals surface area (Å²) >= 11 is 16.3. The average Bonchev–Trinajstić information content (AvgIpc) is 1.69. The number of rotatable bonds is 22. The van der Waals surface area contributed by atoms with Gasteiger partial charge in [-0.2, -0.15) is 0 Å². The molecule has 4 atom stereocenters. The summed E-state index contributed by atoms with van der Waals surface area (Å²) in [6, 6.07) is 44.0. The molecule has 0 fully saturated rings. The number of alkyl carbamates (subject to hydrolysis) is 2. The first kappa shape index (κ1) is 121. The number of carbonyl (C=O) groups is 6. The van der Waals surface area contributed by atoms with Crippen molar-refractivity contribution in [3.8, 4) is 40.2 Å². The predicted octanol–water partition coefficient (Wildman–Crippen LogP) is 24.1. The Morgan fingerprint density at radius 2 is 0.781 bits per heavy atom. The number of hydrogen-bond donors (Lipinski definition) is 8. The third kappa shape index (κ3) is 48.8. The standard InChI is InChI=1S/C22H31NO6.C17H25NO4.C17H23NO4.C13H23NO4.C9H9BrO2.2C9H9BrO.C6H5BrO.C3H5Br.H2/c1-21(2,3)28-19(25)23(20(26)29-22(4,5)6)12-8-11-15-9-7-10-16-13-17(14-24)27-18(15)16;2*1-17(2,3)22-16(20)18-9-5-8-12-6-4-7-13-10-14(11-19)21-15(12)13;1-8-9-14(10(15)17-12(2,3)4)11(16)18-13(5,6)7;10-8-3-1-2-6-4-7(5-11)12-9(6)8;1-2-7-11-9-6-4-3-5-8(9)10;1-2-4-7-5-3-6-8(10)9(7)11;7-5-3-1-2-4-6(5)8;1-2-3-4;/h7-11,17,24H,12-14H2,1-6H3;4,6-7,14,19H,5,8-11H2,1-3H3,(H,18,20);4-8,14,19H,9-11H2,1-3H3,(H,18,20);8H,1,9H2,2-7H3;1-3,7,11H,4-5H2;2-6H,1,7H2;2-3,5-6,11H,1,4H2;1-4,8H;2H,1,3H2;1H/b11-8+;;8-5+;;;;;;;. The van der Waals surface area contributed by atoms with Gasteiger partial charge in [-0.15, -0.1) is 19.7 Å². The SMILES string of the molecule is C=CCBr.C=CCN(C(=O)OC(C)(C)C)C(=O)OC(C)(C)C.C=CCOc1ccccc1Br.C=CCc1cccc(Br)c1O.CC(C)(C)OC(=O)N(C/C=C/c1cccc2c1OC(CO)C2)C(=O)OC(C)(C)C.CC(C)(C)OC(=O)NC/C=C/c1cccc2c1OC(CO)C2.CC(C)(C)OC(=O)NCCCc1cccc2c1OC(CO)C2.OCC1Cc2cccc(Br)c2O1.Oc1ccccc1Br.[HH]. The molecule has 4 aliphatic heterocycles. The van der Waals surface area contributed by atoms with Crippen molar-refractivity contribution in [1.29, 1.82) is 0 Å². The van der Waals surface area contributed by atoms with E-state index in [1.807, 2.05) is 175 Å². The van der Waals surface area contributed by atoms with Crippen molar-refractivity contribution in [1.82, 2.24) is 20.4 Å². The summed E-state index contributed by atoms with van der Waals surface area (Å²) in [5, 5.41) is 61.3. The number of phenolic OH excluding ortho intramolecular Hbond substituents is 2. The van der Waals surface area contributed by atoms with Crippen LogP contribution < -0.4 is 34.3 Å². The number of aliphatic hydroxyl groups excluding tert-OH is 4. The van der Waals surface area contributed by atoms with Crippen LogP contribution in [0.25, 0.3) is 12.2 Å².